The van der Waals surface area contributed by atoms with Crippen LogP contribution in [0.1, 0.15) is 13.8 Å². The summed E-state index contributed by atoms with van der Waals surface area (Å²) in [7, 11) is 0. The topological polar surface area (TPSA) is 89.0 Å². The number of hydrogen-bond acceptors (Lipinski definition) is 7. The third-order valence-corrected chi connectivity index (χ3v) is 4.60. The summed E-state index contributed by atoms with van der Waals surface area (Å²) in [5.41, 5.74) is -0.161. The van der Waals surface area contributed by atoms with E-state index in [9.17, 15) is 4.79 Å². The molecule has 0 saturated heterocycles. The van der Waals surface area contributed by atoms with Crippen LogP contribution < -0.4 is 15.4 Å². The van der Waals surface area contributed by atoms with E-state index < -0.39 is 5.60 Å². The SMILES string of the molecule is CC1(C)Oc2ccc(Nc3nc(Cl)nc4ccsc34)nc2NC1=O. The van der Waals surface area contributed by atoms with Crippen LogP contribution in [0.15, 0.2) is 23.6 Å². The second-order valence-corrected chi connectivity index (χ2v) is 6.97. The summed E-state index contributed by atoms with van der Waals surface area (Å²) in [5.74, 6) is 1.72. The summed E-state index contributed by atoms with van der Waals surface area (Å²) in [6, 6.07) is 5.37. The van der Waals surface area contributed by atoms with Gasteiger partial charge in [0.25, 0.3) is 5.91 Å². The van der Waals surface area contributed by atoms with Crippen LogP contribution in [-0.4, -0.2) is 26.5 Å². The molecule has 9 heteroatoms. The molecule has 0 unspecified atom stereocenters. The van der Waals surface area contributed by atoms with Crippen molar-refractivity contribution in [1.29, 1.82) is 0 Å². The van der Waals surface area contributed by atoms with Crippen molar-refractivity contribution in [2.24, 2.45) is 0 Å². The van der Waals surface area contributed by atoms with Crippen LogP contribution in [0.3, 0.4) is 0 Å². The molecule has 3 aromatic rings. The maximum Gasteiger partial charge on any atom is 0.269 e. The normalized spacial score (nSPS) is 15.5. The number of pyridine rings is 1. The molecular formula is C15H12ClN5O2S. The van der Waals surface area contributed by atoms with E-state index in [1.807, 2.05) is 11.4 Å². The Kier molecular flexibility index (Phi) is 3.33. The Balaban J connectivity index is 1.70. The average Bonchev–Trinajstić information content (AvgIpc) is 2.97. The van der Waals surface area contributed by atoms with Crippen LogP contribution >= 0.6 is 22.9 Å². The predicted molar refractivity (Wildman–Crippen MR) is 93.3 cm³/mol. The molecule has 2 N–H and O–H groups in total. The molecule has 0 aromatic carbocycles. The number of rotatable bonds is 2. The van der Waals surface area contributed by atoms with Gasteiger partial charge in [0.1, 0.15) is 5.82 Å². The lowest BCUT2D eigenvalue weighted by Crippen LogP contribution is -2.46. The molecule has 122 valence electrons. The lowest BCUT2D eigenvalue weighted by molar-refractivity contribution is -0.129. The van der Waals surface area contributed by atoms with Gasteiger partial charge >= 0.3 is 0 Å². The van der Waals surface area contributed by atoms with E-state index in [1.54, 1.807) is 26.0 Å². The fourth-order valence-electron chi connectivity index (χ4n) is 2.31. The summed E-state index contributed by atoms with van der Waals surface area (Å²) in [5, 5.41) is 7.93. The quantitative estimate of drug-likeness (QED) is 0.678. The molecule has 7 nitrogen and oxygen atoms in total. The number of thiophene rings is 1. The van der Waals surface area contributed by atoms with Gasteiger partial charge in [-0.2, -0.15) is 4.98 Å². The molecule has 0 atom stereocenters. The van der Waals surface area contributed by atoms with Crippen molar-refractivity contribution in [3.05, 3.63) is 28.9 Å². The Morgan fingerprint density at radius 2 is 2.08 bits per heavy atom. The van der Waals surface area contributed by atoms with Crippen molar-refractivity contribution < 1.29 is 9.53 Å². The molecule has 1 aliphatic rings. The molecule has 1 aliphatic heterocycles. The molecule has 24 heavy (non-hydrogen) atoms. The summed E-state index contributed by atoms with van der Waals surface area (Å²) >= 11 is 7.46. The zero-order chi connectivity index (χ0) is 16.9. The van der Waals surface area contributed by atoms with Crippen molar-refractivity contribution in [2.75, 3.05) is 10.6 Å². The Hall–Kier alpha value is -2.45. The third kappa shape index (κ3) is 2.53. The molecule has 0 radical (unpaired) electrons. The largest absolute Gasteiger partial charge is 0.474 e. The number of carbonyl (C=O) groups excluding carboxylic acids is 1. The maximum atomic E-state index is 12.0. The first-order chi connectivity index (χ1) is 11.4. The number of aromatic nitrogens is 3. The fourth-order valence-corrected chi connectivity index (χ4v) is 3.26. The Morgan fingerprint density at radius 3 is 2.92 bits per heavy atom. The molecular weight excluding hydrogens is 350 g/mol. The molecule has 3 aromatic heterocycles. The van der Waals surface area contributed by atoms with E-state index in [2.05, 4.69) is 25.6 Å². The molecule has 0 saturated carbocycles. The van der Waals surface area contributed by atoms with E-state index in [0.29, 0.717) is 23.2 Å². The maximum absolute atomic E-state index is 12.0. The lowest BCUT2D eigenvalue weighted by atomic mass is 10.1. The number of carbonyl (C=O) groups is 1. The first-order valence-corrected chi connectivity index (χ1v) is 8.37. The minimum Gasteiger partial charge on any atom is -0.474 e. The van der Waals surface area contributed by atoms with Gasteiger partial charge in [0, 0.05) is 0 Å². The van der Waals surface area contributed by atoms with Crippen molar-refractivity contribution in [3.63, 3.8) is 0 Å². The highest BCUT2D eigenvalue weighted by molar-refractivity contribution is 7.17. The molecule has 0 fully saturated rings. The summed E-state index contributed by atoms with van der Waals surface area (Å²) in [6.07, 6.45) is 0. The predicted octanol–water partition coefficient (Wildman–Crippen LogP) is 3.59. The molecule has 0 aliphatic carbocycles. The van der Waals surface area contributed by atoms with Gasteiger partial charge in [0.15, 0.2) is 23.0 Å². The second kappa shape index (κ2) is 5.29. The zero-order valence-electron chi connectivity index (χ0n) is 12.8. The monoisotopic (exact) mass is 361 g/mol. The molecule has 4 heterocycles. The minimum atomic E-state index is -0.924. The van der Waals surface area contributed by atoms with Crippen LogP contribution in [0.2, 0.25) is 5.28 Å². The van der Waals surface area contributed by atoms with Crippen LogP contribution in [0.4, 0.5) is 17.5 Å². The van der Waals surface area contributed by atoms with Crippen LogP contribution in [0, 0.1) is 0 Å². The summed E-state index contributed by atoms with van der Waals surface area (Å²) < 4.78 is 6.54. The van der Waals surface area contributed by atoms with Crippen LogP contribution in [-0.2, 0) is 4.79 Å². The van der Waals surface area contributed by atoms with Gasteiger partial charge in [-0.3, -0.25) is 4.79 Å². The van der Waals surface area contributed by atoms with Crippen molar-refractivity contribution >= 4 is 56.5 Å². The first kappa shape index (κ1) is 15.1. The smallest absolute Gasteiger partial charge is 0.269 e. The number of nitrogens with one attached hydrogen (secondary N) is 2. The molecule has 0 bridgehead atoms. The van der Waals surface area contributed by atoms with E-state index in [1.165, 1.54) is 11.3 Å². The second-order valence-electron chi connectivity index (χ2n) is 5.71. The van der Waals surface area contributed by atoms with Gasteiger partial charge in [-0.15, -0.1) is 11.3 Å². The first-order valence-electron chi connectivity index (χ1n) is 7.12. The summed E-state index contributed by atoms with van der Waals surface area (Å²) in [6.45, 7) is 3.40. The van der Waals surface area contributed by atoms with Gasteiger partial charge in [0.2, 0.25) is 5.28 Å². The van der Waals surface area contributed by atoms with Gasteiger partial charge < -0.3 is 15.4 Å². The number of ether oxygens (including phenoxy) is 1. The Morgan fingerprint density at radius 1 is 1.25 bits per heavy atom. The van der Waals surface area contributed by atoms with Crippen molar-refractivity contribution in [3.8, 4) is 5.75 Å². The van der Waals surface area contributed by atoms with E-state index in [4.69, 9.17) is 16.3 Å². The number of anilines is 3. The Bertz CT molecular complexity index is 972. The molecule has 1 amide bonds. The Labute approximate surface area is 146 Å². The minimum absolute atomic E-state index is 0.153. The van der Waals surface area contributed by atoms with Crippen LogP contribution in [0.25, 0.3) is 10.2 Å². The van der Waals surface area contributed by atoms with Crippen molar-refractivity contribution in [2.45, 2.75) is 19.4 Å². The number of amides is 1. The summed E-state index contributed by atoms with van der Waals surface area (Å²) in [4.78, 5) is 24.8. The molecule has 0 spiro atoms. The molecule has 4 rings (SSSR count). The highest BCUT2D eigenvalue weighted by Crippen LogP contribution is 2.34. The van der Waals surface area contributed by atoms with Gasteiger partial charge in [-0.1, -0.05) is 0 Å². The van der Waals surface area contributed by atoms with Crippen molar-refractivity contribution in [1.82, 2.24) is 15.0 Å². The zero-order valence-corrected chi connectivity index (χ0v) is 14.3. The average molecular weight is 362 g/mol. The standard InChI is InChI=1S/C15H12ClN5O2S/c1-15(2)13(22)20-11-8(23-15)3-4-9(18-11)19-12-10-7(5-6-24-10)17-14(16)21-12/h3-6H,1-2H3,(H2,17,18,19,20,21,22). The number of hydrogen-bond donors (Lipinski definition) is 2. The van der Waals surface area contributed by atoms with Gasteiger partial charge in [-0.25, -0.2) is 9.97 Å². The third-order valence-electron chi connectivity index (χ3n) is 3.52. The highest BCUT2D eigenvalue weighted by Gasteiger charge is 2.36. The van der Waals surface area contributed by atoms with Gasteiger partial charge in [0.05, 0.1) is 10.2 Å². The fraction of sp³-hybridized carbons (Fsp3) is 0.200. The van der Waals surface area contributed by atoms with E-state index in [0.717, 1.165) is 10.2 Å². The van der Waals surface area contributed by atoms with E-state index >= 15 is 0 Å². The number of nitrogens with zero attached hydrogens (tertiary/aromatic N) is 3. The lowest BCUT2D eigenvalue weighted by Gasteiger charge is -2.30. The van der Waals surface area contributed by atoms with E-state index in [-0.39, 0.29) is 11.2 Å². The number of halogens is 1. The highest BCUT2D eigenvalue weighted by atomic mass is 35.5. The number of fused-ring (bicyclic) bond motifs is 2. The van der Waals surface area contributed by atoms with Crippen LogP contribution in [0.5, 0.6) is 5.75 Å². The van der Waals surface area contributed by atoms with Gasteiger partial charge in [-0.05, 0) is 49.0 Å².